The second-order valence-corrected chi connectivity index (χ2v) is 6.80. The molecule has 4 N–H and O–H groups in total. The van der Waals surface area contributed by atoms with Gasteiger partial charge in [-0.1, -0.05) is 26.0 Å². The number of thioether (sulfide) groups is 1. The molecule has 0 unspecified atom stereocenters. The zero-order valence-corrected chi connectivity index (χ0v) is 13.8. The molecule has 0 radical (unpaired) electrons. The molecule has 120 valence electrons. The van der Waals surface area contributed by atoms with Crippen molar-refractivity contribution in [3.05, 3.63) is 54.1 Å². The van der Waals surface area contributed by atoms with E-state index >= 15 is 0 Å². The van der Waals surface area contributed by atoms with Gasteiger partial charge in [0.15, 0.2) is 0 Å². The Kier molecular flexibility index (Phi) is 5.65. The number of carbonyl (C=O) groups excluding carboxylic acids is 2. The zero-order valence-electron chi connectivity index (χ0n) is 13.0. The molecule has 0 aromatic heterocycles. The van der Waals surface area contributed by atoms with Crippen LogP contribution >= 0.6 is 11.8 Å². The molecule has 23 heavy (non-hydrogen) atoms. The van der Waals surface area contributed by atoms with Crippen molar-refractivity contribution in [3.63, 3.8) is 0 Å². The number of amides is 3. The molecule has 0 spiro atoms. The fourth-order valence-electron chi connectivity index (χ4n) is 1.99. The number of hydrogen-bond acceptors (Lipinski definition) is 3. The first-order chi connectivity index (χ1) is 11.0. The van der Waals surface area contributed by atoms with Gasteiger partial charge in [0.2, 0.25) is 0 Å². The second-order valence-electron chi connectivity index (χ2n) is 5.18. The fraction of sp³-hybridized carbons (Fsp3) is 0.176. The standard InChI is InChI=1S/C17H19N3O2S/c1-11(2)23-15-6-4-3-5-14(15)16(21)19-12-7-9-13(10-8-12)20-17(18)22/h3-11H,1-2H3,(H,19,21)(H3,18,20,22). The lowest BCUT2D eigenvalue weighted by Crippen LogP contribution is -2.19. The number of nitrogens with one attached hydrogen (secondary N) is 2. The van der Waals surface area contributed by atoms with E-state index in [-0.39, 0.29) is 5.91 Å². The van der Waals surface area contributed by atoms with Crippen molar-refractivity contribution >= 4 is 35.1 Å². The van der Waals surface area contributed by atoms with Crippen LogP contribution in [-0.2, 0) is 0 Å². The molecule has 0 fully saturated rings. The van der Waals surface area contributed by atoms with Gasteiger partial charge < -0.3 is 16.4 Å². The van der Waals surface area contributed by atoms with E-state index in [1.165, 1.54) is 0 Å². The fourth-order valence-corrected chi connectivity index (χ4v) is 2.94. The van der Waals surface area contributed by atoms with Gasteiger partial charge in [0.25, 0.3) is 5.91 Å². The number of hydrogen-bond donors (Lipinski definition) is 3. The number of benzene rings is 2. The minimum atomic E-state index is -0.624. The third kappa shape index (κ3) is 5.03. The summed E-state index contributed by atoms with van der Waals surface area (Å²) in [6, 6.07) is 13.7. The molecule has 0 saturated carbocycles. The average Bonchev–Trinajstić information content (AvgIpc) is 2.48. The smallest absolute Gasteiger partial charge is 0.316 e. The van der Waals surface area contributed by atoms with E-state index in [1.54, 1.807) is 36.0 Å². The topological polar surface area (TPSA) is 84.2 Å². The van der Waals surface area contributed by atoms with Gasteiger partial charge in [0.05, 0.1) is 5.56 Å². The summed E-state index contributed by atoms with van der Waals surface area (Å²) in [6.07, 6.45) is 0. The van der Waals surface area contributed by atoms with Crippen LogP contribution in [0.25, 0.3) is 0 Å². The number of carbonyl (C=O) groups is 2. The summed E-state index contributed by atoms with van der Waals surface area (Å²) in [4.78, 5) is 24.2. The first-order valence-corrected chi connectivity index (χ1v) is 8.07. The molecule has 0 aliphatic rings. The van der Waals surface area contributed by atoms with Crippen LogP contribution in [0.3, 0.4) is 0 Å². The first kappa shape index (κ1) is 16.9. The molecule has 0 atom stereocenters. The Balaban J connectivity index is 2.11. The third-order valence-electron chi connectivity index (χ3n) is 2.90. The third-order valence-corrected chi connectivity index (χ3v) is 3.99. The van der Waals surface area contributed by atoms with Crippen molar-refractivity contribution in [2.24, 2.45) is 5.73 Å². The van der Waals surface area contributed by atoms with E-state index in [4.69, 9.17) is 5.73 Å². The van der Waals surface area contributed by atoms with Gasteiger partial charge in [0, 0.05) is 21.5 Å². The normalized spacial score (nSPS) is 10.4. The highest BCUT2D eigenvalue weighted by Crippen LogP contribution is 2.27. The number of nitrogens with two attached hydrogens (primary N) is 1. The monoisotopic (exact) mass is 329 g/mol. The van der Waals surface area contributed by atoms with Gasteiger partial charge in [-0.3, -0.25) is 4.79 Å². The minimum Gasteiger partial charge on any atom is -0.351 e. The van der Waals surface area contributed by atoms with E-state index in [2.05, 4.69) is 24.5 Å². The molecule has 2 aromatic carbocycles. The Morgan fingerprint density at radius 2 is 1.52 bits per heavy atom. The van der Waals surface area contributed by atoms with Crippen LogP contribution in [0.4, 0.5) is 16.2 Å². The molecule has 0 heterocycles. The highest BCUT2D eigenvalue weighted by atomic mass is 32.2. The van der Waals surface area contributed by atoms with Crippen molar-refractivity contribution in [2.45, 2.75) is 24.0 Å². The summed E-state index contributed by atoms with van der Waals surface area (Å²) in [5.41, 5.74) is 6.92. The van der Waals surface area contributed by atoms with Crippen LogP contribution in [0.1, 0.15) is 24.2 Å². The van der Waals surface area contributed by atoms with Crippen LogP contribution < -0.4 is 16.4 Å². The number of anilines is 2. The van der Waals surface area contributed by atoms with Crippen LogP contribution in [-0.4, -0.2) is 17.2 Å². The summed E-state index contributed by atoms with van der Waals surface area (Å²) in [6.45, 7) is 4.17. The van der Waals surface area contributed by atoms with Crippen molar-refractivity contribution in [3.8, 4) is 0 Å². The quantitative estimate of drug-likeness (QED) is 0.727. The van der Waals surface area contributed by atoms with Crippen LogP contribution in [0.15, 0.2) is 53.4 Å². The van der Waals surface area contributed by atoms with Gasteiger partial charge in [-0.15, -0.1) is 11.8 Å². The molecule has 0 aliphatic carbocycles. The SMILES string of the molecule is CC(C)Sc1ccccc1C(=O)Nc1ccc(NC(N)=O)cc1. The van der Waals surface area contributed by atoms with Gasteiger partial charge in [-0.05, 0) is 36.4 Å². The lowest BCUT2D eigenvalue weighted by molar-refractivity contribution is 0.102. The maximum atomic E-state index is 12.5. The van der Waals surface area contributed by atoms with Gasteiger partial charge in [0.1, 0.15) is 0 Å². The Hall–Kier alpha value is -2.47. The highest BCUT2D eigenvalue weighted by Gasteiger charge is 2.12. The molecule has 0 saturated heterocycles. The summed E-state index contributed by atoms with van der Waals surface area (Å²) < 4.78 is 0. The maximum Gasteiger partial charge on any atom is 0.316 e. The van der Waals surface area contributed by atoms with Gasteiger partial charge in [-0.2, -0.15) is 0 Å². The summed E-state index contributed by atoms with van der Waals surface area (Å²) in [5.74, 6) is -0.163. The molecular weight excluding hydrogens is 310 g/mol. The van der Waals surface area contributed by atoms with E-state index in [0.29, 0.717) is 22.2 Å². The van der Waals surface area contributed by atoms with Crippen molar-refractivity contribution in [1.29, 1.82) is 0 Å². The molecule has 6 heteroatoms. The second kappa shape index (κ2) is 7.69. The lowest BCUT2D eigenvalue weighted by atomic mass is 10.2. The molecule has 5 nitrogen and oxygen atoms in total. The number of primary amides is 1. The average molecular weight is 329 g/mol. The maximum absolute atomic E-state index is 12.5. The Bertz CT molecular complexity index is 699. The van der Waals surface area contributed by atoms with Crippen LogP contribution in [0, 0.1) is 0 Å². The van der Waals surface area contributed by atoms with Crippen LogP contribution in [0.2, 0.25) is 0 Å². The predicted molar refractivity (Wildman–Crippen MR) is 95.0 cm³/mol. The van der Waals surface area contributed by atoms with Gasteiger partial charge in [-0.25, -0.2) is 4.79 Å². The number of urea groups is 1. The van der Waals surface area contributed by atoms with E-state index < -0.39 is 6.03 Å². The van der Waals surface area contributed by atoms with E-state index in [9.17, 15) is 9.59 Å². The summed E-state index contributed by atoms with van der Waals surface area (Å²) in [7, 11) is 0. The molecule has 3 amide bonds. The Labute approximate surface area is 139 Å². The molecular formula is C17H19N3O2S. The van der Waals surface area contributed by atoms with Crippen molar-refractivity contribution < 1.29 is 9.59 Å². The van der Waals surface area contributed by atoms with Crippen LogP contribution in [0.5, 0.6) is 0 Å². The highest BCUT2D eigenvalue weighted by molar-refractivity contribution is 8.00. The predicted octanol–water partition coefficient (Wildman–Crippen LogP) is 3.93. The Morgan fingerprint density at radius 1 is 0.957 bits per heavy atom. The van der Waals surface area contributed by atoms with Gasteiger partial charge >= 0.3 is 6.03 Å². The Morgan fingerprint density at radius 3 is 2.09 bits per heavy atom. The molecule has 2 rings (SSSR count). The minimum absolute atomic E-state index is 0.163. The van der Waals surface area contributed by atoms with E-state index in [0.717, 1.165) is 4.90 Å². The first-order valence-electron chi connectivity index (χ1n) is 7.19. The molecule has 2 aromatic rings. The number of rotatable bonds is 5. The van der Waals surface area contributed by atoms with Crippen molar-refractivity contribution in [1.82, 2.24) is 0 Å². The van der Waals surface area contributed by atoms with Crippen molar-refractivity contribution in [2.75, 3.05) is 10.6 Å². The molecule has 0 bridgehead atoms. The summed E-state index contributed by atoms with van der Waals surface area (Å²) >= 11 is 1.65. The summed E-state index contributed by atoms with van der Waals surface area (Å²) in [5, 5.41) is 5.72. The lowest BCUT2D eigenvalue weighted by Gasteiger charge is -2.12. The molecule has 0 aliphatic heterocycles. The zero-order chi connectivity index (χ0) is 16.8. The van der Waals surface area contributed by atoms with E-state index in [1.807, 2.05) is 24.3 Å². The largest absolute Gasteiger partial charge is 0.351 e.